The lowest BCUT2D eigenvalue weighted by atomic mass is 9.95. The van der Waals surface area contributed by atoms with Gasteiger partial charge in [0.05, 0.1) is 10.8 Å². The number of carboxylic acid groups (broad SMARTS) is 2. The van der Waals surface area contributed by atoms with Crippen molar-refractivity contribution in [3.63, 3.8) is 0 Å². The second-order valence-corrected chi connectivity index (χ2v) is 9.41. The van der Waals surface area contributed by atoms with E-state index in [-0.39, 0.29) is 11.5 Å². The molecule has 0 amide bonds. The quantitative estimate of drug-likeness (QED) is 0.249. The maximum atomic E-state index is 11.2. The first-order valence-electron chi connectivity index (χ1n) is 11.3. The molecular formula is C24H34O6. The van der Waals surface area contributed by atoms with Crippen molar-refractivity contribution in [2.45, 2.75) is 89.9 Å². The summed E-state index contributed by atoms with van der Waals surface area (Å²) in [7, 11) is 0. The van der Waals surface area contributed by atoms with Crippen molar-refractivity contribution >= 4 is 11.9 Å². The average molecular weight is 419 g/mol. The molecule has 6 nitrogen and oxygen atoms in total. The topological polar surface area (TPSA) is 115 Å². The SMILES string of the molecule is O=C(O)C1(CCCCCCc2cc(O)c(O)c(CCCCC3(C(=O)O)CC3)c2)CC1. The Balaban J connectivity index is 1.38. The van der Waals surface area contributed by atoms with E-state index in [1.165, 1.54) is 0 Å². The summed E-state index contributed by atoms with van der Waals surface area (Å²) in [5.41, 5.74) is 0.785. The lowest BCUT2D eigenvalue weighted by molar-refractivity contribution is -0.144. The highest BCUT2D eigenvalue weighted by atomic mass is 16.4. The molecular weight excluding hydrogens is 384 g/mol. The van der Waals surface area contributed by atoms with Crippen LogP contribution in [0.1, 0.15) is 88.2 Å². The van der Waals surface area contributed by atoms with Crippen LogP contribution in [0.5, 0.6) is 11.5 Å². The molecule has 4 N–H and O–H groups in total. The number of aliphatic carboxylic acids is 2. The van der Waals surface area contributed by atoms with Crippen LogP contribution in [0.25, 0.3) is 0 Å². The fourth-order valence-electron chi connectivity index (χ4n) is 4.45. The molecule has 0 aromatic heterocycles. The first-order chi connectivity index (χ1) is 14.3. The van der Waals surface area contributed by atoms with Crippen molar-refractivity contribution < 1.29 is 30.0 Å². The van der Waals surface area contributed by atoms with Gasteiger partial charge < -0.3 is 20.4 Å². The summed E-state index contributed by atoms with van der Waals surface area (Å²) in [5.74, 6) is -1.50. The van der Waals surface area contributed by atoms with Crippen molar-refractivity contribution in [3.05, 3.63) is 23.3 Å². The maximum absolute atomic E-state index is 11.2. The summed E-state index contributed by atoms with van der Waals surface area (Å²) >= 11 is 0. The molecule has 0 saturated heterocycles. The largest absolute Gasteiger partial charge is 0.504 e. The Bertz CT molecular complexity index is 776. The van der Waals surface area contributed by atoms with E-state index in [1.807, 2.05) is 6.07 Å². The van der Waals surface area contributed by atoms with Gasteiger partial charge in [-0.1, -0.05) is 31.7 Å². The van der Waals surface area contributed by atoms with E-state index >= 15 is 0 Å². The molecule has 0 spiro atoms. The number of hydrogen-bond donors (Lipinski definition) is 4. The second kappa shape index (κ2) is 9.27. The zero-order valence-electron chi connectivity index (χ0n) is 17.7. The van der Waals surface area contributed by atoms with Crippen LogP contribution in [0.3, 0.4) is 0 Å². The Morgan fingerprint density at radius 2 is 1.23 bits per heavy atom. The molecule has 2 saturated carbocycles. The monoisotopic (exact) mass is 418 g/mol. The van der Waals surface area contributed by atoms with Gasteiger partial charge >= 0.3 is 11.9 Å². The highest BCUT2D eigenvalue weighted by Crippen LogP contribution is 2.50. The summed E-state index contributed by atoms with van der Waals surface area (Å²) in [6.07, 6.45) is 11.6. The molecule has 3 rings (SSSR count). The van der Waals surface area contributed by atoms with E-state index in [0.717, 1.165) is 88.2 Å². The Labute approximate surface area is 177 Å². The van der Waals surface area contributed by atoms with Crippen molar-refractivity contribution in [2.24, 2.45) is 10.8 Å². The van der Waals surface area contributed by atoms with Gasteiger partial charge in [0.1, 0.15) is 0 Å². The molecule has 0 radical (unpaired) electrons. The second-order valence-electron chi connectivity index (χ2n) is 9.41. The van der Waals surface area contributed by atoms with Crippen LogP contribution in [0.2, 0.25) is 0 Å². The van der Waals surface area contributed by atoms with E-state index < -0.39 is 22.8 Å². The van der Waals surface area contributed by atoms with E-state index in [0.29, 0.717) is 12.8 Å². The Morgan fingerprint density at radius 1 is 0.733 bits per heavy atom. The van der Waals surface area contributed by atoms with Gasteiger partial charge in [-0.25, -0.2) is 0 Å². The van der Waals surface area contributed by atoms with Crippen molar-refractivity contribution in [3.8, 4) is 11.5 Å². The number of carboxylic acids is 2. The van der Waals surface area contributed by atoms with Crippen LogP contribution in [0, 0.1) is 10.8 Å². The molecule has 30 heavy (non-hydrogen) atoms. The standard InChI is InChI=1S/C24H34O6/c25-19-16-17(7-3-1-2-5-9-23(11-12-23)21(27)28)15-18(20(19)26)8-4-6-10-24(13-14-24)22(29)30/h15-16,25-26H,1-14H2,(H,27,28)(H,29,30). The zero-order chi connectivity index (χ0) is 21.8. The van der Waals surface area contributed by atoms with Crippen LogP contribution < -0.4 is 0 Å². The smallest absolute Gasteiger partial charge is 0.309 e. The Morgan fingerprint density at radius 3 is 1.77 bits per heavy atom. The number of rotatable bonds is 14. The number of aryl methyl sites for hydroxylation is 2. The molecule has 6 heteroatoms. The van der Waals surface area contributed by atoms with Gasteiger partial charge in [-0.05, 0) is 81.4 Å². The minimum absolute atomic E-state index is 0.0680. The number of hydrogen-bond acceptors (Lipinski definition) is 4. The fourth-order valence-corrected chi connectivity index (χ4v) is 4.45. The van der Waals surface area contributed by atoms with Crippen LogP contribution in [-0.4, -0.2) is 32.4 Å². The first kappa shape index (κ1) is 22.4. The van der Waals surface area contributed by atoms with Gasteiger partial charge in [0.25, 0.3) is 0 Å². The van der Waals surface area contributed by atoms with Crippen molar-refractivity contribution in [1.29, 1.82) is 0 Å². The van der Waals surface area contributed by atoms with Gasteiger partial charge in [0, 0.05) is 0 Å². The molecule has 1 aromatic carbocycles. The summed E-state index contributed by atoms with van der Waals surface area (Å²) in [4.78, 5) is 22.4. The molecule has 1 aromatic rings. The van der Waals surface area contributed by atoms with Crippen molar-refractivity contribution in [2.75, 3.05) is 0 Å². The molecule has 2 fully saturated rings. The highest BCUT2D eigenvalue weighted by Gasteiger charge is 2.49. The molecule has 2 aliphatic carbocycles. The number of benzene rings is 1. The van der Waals surface area contributed by atoms with Gasteiger partial charge in [0.15, 0.2) is 11.5 Å². The van der Waals surface area contributed by atoms with E-state index in [2.05, 4.69) is 0 Å². The van der Waals surface area contributed by atoms with Crippen LogP contribution in [0.4, 0.5) is 0 Å². The van der Waals surface area contributed by atoms with Crippen molar-refractivity contribution in [1.82, 2.24) is 0 Å². The number of phenolic OH excluding ortho intramolecular Hbond substituents is 2. The Hall–Kier alpha value is -2.24. The molecule has 0 bridgehead atoms. The van der Waals surface area contributed by atoms with Gasteiger partial charge in [-0.2, -0.15) is 0 Å². The first-order valence-corrected chi connectivity index (χ1v) is 11.3. The Kier molecular flexibility index (Phi) is 6.94. The summed E-state index contributed by atoms with van der Waals surface area (Å²) in [6.45, 7) is 0. The lowest BCUT2D eigenvalue weighted by Crippen LogP contribution is -2.14. The third-order valence-corrected chi connectivity index (χ3v) is 7.07. The average Bonchev–Trinajstić information content (AvgIpc) is 3.60. The minimum atomic E-state index is -0.694. The van der Waals surface area contributed by atoms with Gasteiger partial charge in [-0.3, -0.25) is 9.59 Å². The summed E-state index contributed by atoms with van der Waals surface area (Å²) in [5, 5.41) is 38.7. The van der Waals surface area contributed by atoms with Crippen LogP contribution in [0.15, 0.2) is 12.1 Å². The molecule has 0 atom stereocenters. The molecule has 0 aliphatic heterocycles. The third kappa shape index (κ3) is 5.46. The number of unbranched alkanes of at least 4 members (excludes halogenated alkanes) is 4. The fraction of sp³-hybridized carbons (Fsp3) is 0.667. The summed E-state index contributed by atoms with van der Waals surface area (Å²) in [6, 6.07) is 3.56. The van der Waals surface area contributed by atoms with Crippen LogP contribution in [-0.2, 0) is 22.4 Å². The molecule has 2 aliphatic rings. The molecule has 0 unspecified atom stereocenters. The number of phenols is 2. The van der Waals surface area contributed by atoms with Gasteiger partial charge in [0.2, 0.25) is 0 Å². The summed E-state index contributed by atoms with van der Waals surface area (Å²) < 4.78 is 0. The lowest BCUT2D eigenvalue weighted by Gasteiger charge is -2.12. The van der Waals surface area contributed by atoms with E-state index in [1.54, 1.807) is 6.07 Å². The molecule has 0 heterocycles. The zero-order valence-corrected chi connectivity index (χ0v) is 17.7. The normalized spacial score (nSPS) is 18.1. The van der Waals surface area contributed by atoms with E-state index in [4.69, 9.17) is 0 Å². The number of aromatic hydroxyl groups is 2. The van der Waals surface area contributed by atoms with Gasteiger partial charge in [-0.15, -0.1) is 0 Å². The molecule has 166 valence electrons. The third-order valence-electron chi connectivity index (χ3n) is 7.07. The van der Waals surface area contributed by atoms with E-state index in [9.17, 15) is 30.0 Å². The highest BCUT2D eigenvalue weighted by molar-refractivity contribution is 5.78. The van der Waals surface area contributed by atoms with Crippen LogP contribution >= 0.6 is 0 Å². The predicted octanol–water partition coefficient (Wildman–Crippen LogP) is 5.03. The predicted molar refractivity (Wildman–Crippen MR) is 113 cm³/mol. The maximum Gasteiger partial charge on any atom is 0.309 e. The minimum Gasteiger partial charge on any atom is -0.504 e. The number of carbonyl (C=O) groups is 2.